The molecule has 3 aromatic rings. The van der Waals surface area contributed by atoms with Crippen LogP contribution >= 0.6 is 0 Å². The van der Waals surface area contributed by atoms with Gasteiger partial charge in [0.25, 0.3) is 0 Å². The number of benzene rings is 1. The molecule has 0 amide bonds. The van der Waals surface area contributed by atoms with Crippen molar-refractivity contribution in [1.82, 2.24) is 20.0 Å². The summed E-state index contributed by atoms with van der Waals surface area (Å²) in [6, 6.07) is 7.65. The van der Waals surface area contributed by atoms with E-state index >= 15 is 0 Å². The van der Waals surface area contributed by atoms with E-state index in [1.54, 1.807) is 4.68 Å². The second-order valence-corrected chi connectivity index (χ2v) is 3.95. The lowest BCUT2D eigenvalue weighted by Gasteiger charge is -1.95. The quantitative estimate of drug-likeness (QED) is 0.715. The van der Waals surface area contributed by atoms with Crippen LogP contribution in [0, 0.1) is 0 Å². The number of aryl methyl sites for hydroxylation is 1. The maximum atomic E-state index is 11.1. The van der Waals surface area contributed by atoms with Crippen molar-refractivity contribution < 1.29 is 9.90 Å². The Morgan fingerprint density at radius 3 is 2.94 bits per heavy atom. The number of aromatic carboxylic acids is 1. The van der Waals surface area contributed by atoms with E-state index < -0.39 is 5.97 Å². The summed E-state index contributed by atoms with van der Waals surface area (Å²) in [7, 11) is 1.82. The Kier molecular flexibility index (Phi) is 2.16. The normalized spacial score (nSPS) is 10.9. The van der Waals surface area contributed by atoms with Crippen LogP contribution in [0.3, 0.4) is 0 Å². The molecule has 0 fully saturated rings. The van der Waals surface area contributed by atoms with Gasteiger partial charge in [-0.3, -0.25) is 9.78 Å². The van der Waals surface area contributed by atoms with Gasteiger partial charge in [-0.1, -0.05) is 18.2 Å². The molecule has 0 bridgehead atoms. The molecule has 0 radical (unpaired) electrons. The van der Waals surface area contributed by atoms with Crippen molar-refractivity contribution in [1.29, 1.82) is 0 Å². The largest absolute Gasteiger partial charge is 0.478 e. The molecule has 2 aromatic heterocycles. The molecule has 6 nitrogen and oxygen atoms in total. The summed E-state index contributed by atoms with van der Waals surface area (Å²) in [6.45, 7) is 0. The number of aromatic amines is 1. The molecule has 3 rings (SSSR count). The number of rotatable bonds is 2. The number of hydrogen-bond donors (Lipinski definition) is 2. The van der Waals surface area contributed by atoms with E-state index in [4.69, 9.17) is 5.11 Å². The third kappa shape index (κ3) is 1.39. The van der Waals surface area contributed by atoms with E-state index in [2.05, 4.69) is 15.3 Å². The van der Waals surface area contributed by atoms with Gasteiger partial charge < -0.3 is 5.11 Å². The molecule has 0 aliphatic rings. The van der Waals surface area contributed by atoms with Crippen LogP contribution in [0.1, 0.15) is 10.4 Å². The fourth-order valence-corrected chi connectivity index (χ4v) is 2.03. The van der Waals surface area contributed by atoms with Crippen LogP contribution in [0.4, 0.5) is 0 Å². The van der Waals surface area contributed by atoms with Crippen molar-refractivity contribution in [3.8, 4) is 11.4 Å². The minimum absolute atomic E-state index is 0.124. The standard InChI is InChI=1S/C12H10N4O2/c1-16-9-5-3-2-4-7(9)11(15-16)10-8(12(17)18)6-13-14-10/h2-6H,1H3,(H,13,14)(H,17,18). The predicted octanol–water partition coefficient (Wildman–Crippen LogP) is 1.66. The zero-order chi connectivity index (χ0) is 12.7. The highest BCUT2D eigenvalue weighted by Gasteiger charge is 2.19. The predicted molar refractivity (Wildman–Crippen MR) is 65.3 cm³/mol. The van der Waals surface area contributed by atoms with Crippen molar-refractivity contribution in [2.45, 2.75) is 0 Å². The Balaban J connectivity index is 2.32. The molecule has 0 spiro atoms. The maximum absolute atomic E-state index is 11.1. The van der Waals surface area contributed by atoms with Gasteiger partial charge in [0.2, 0.25) is 0 Å². The number of carbonyl (C=O) groups is 1. The number of nitrogens with one attached hydrogen (secondary N) is 1. The smallest absolute Gasteiger partial charge is 0.339 e. The topological polar surface area (TPSA) is 83.8 Å². The van der Waals surface area contributed by atoms with Crippen LogP contribution in [-0.4, -0.2) is 31.1 Å². The number of carboxylic acids is 1. The van der Waals surface area contributed by atoms with Crippen LogP contribution < -0.4 is 0 Å². The third-order valence-corrected chi connectivity index (χ3v) is 2.86. The monoisotopic (exact) mass is 242 g/mol. The Hall–Kier alpha value is -2.63. The lowest BCUT2D eigenvalue weighted by molar-refractivity contribution is 0.0698. The zero-order valence-electron chi connectivity index (χ0n) is 9.58. The van der Waals surface area contributed by atoms with E-state index in [-0.39, 0.29) is 5.56 Å². The molecule has 0 aliphatic carbocycles. The molecular formula is C12H10N4O2. The number of H-pyrrole nitrogens is 1. The molecular weight excluding hydrogens is 232 g/mol. The van der Waals surface area contributed by atoms with Crippen LogP contribution in [0.15, 0.2) is 30.5 Å². The molecule has 2 heterocycles. The number of carboxylic acid groups (broad SMARTS) is 1. The lowest BCUT2D eigenvalue weighted by Crippen LogP contribution is -1.97. The molecule has 0 unspecified atom stereocenters. The van der Waals surface area contributed by atoms with Crippen molar-refractivity contribution in [2.75, 3.05) is 0 Å². The van der Waals surface area contributed by atoms with Gasteiger partial charge in [0.1, 0.15) is 17.0 Å². The van der Waals surface area contributed by atoms with Crippen molar-refractivity contribution in [2.24, 2.45) is 7.05 Å². The molecule has 0 aliphatic heterocycles. The Morgan fingerprint density at radius 2 is 2.17 bits per heavy atom. The summed E-state index contributed by atoms with van der Waals surface area (Å²) in [6.07, 6.45) is 1.29. The van der Waals surface area contributed by atoms with Gasteiger partial charge in [0.15, 0.2) is 0 Å². The average Bonchev–Trinajstić information content (AvgIpc) is 2.95. The first kappa shape index (κ1) is 10.5. The van der Waals surface area contributed by atoms with E-state index in [0.29, 0.717) is 11.4 Å². The molecule has 18 heavy (non-hydrogen) atoms. The minimum Gasteiger partial charge on any atom is -0.478 e. The van der Waals surface area contributed by atoms with Gasteiger partial charge in [0, 0.05) is 12.4 Å². The number of nitrogens with zero attached hydrogens (tertiary/aromatic N) is 3. The Morgan fingerprint density at radius 1 is 1.39 bits per heavy atom. The highest BCUT2D eigenvalue weighted by atomic mass is 16.4. The van der Waals surface area contributed by atoms with Gasteiger partial charge in [-0.15, -0.1) is 0 Å². The summed E-state index contributed by atoms with van der Waals surface area (Å²) in [5.74, 6) is -1.02. The zero-order valence-corrected chi connectivity index (χ0v) is 9.58. The van der Waals surface area contributed by atoms with E-state index in [1.807, 2.05) is 31.3 Å². The number of fused-ring (bicyclic) bond motifs is 1. The average molecular weight is 242 g/mol. The van der Waals surface area contributed by atoms with Crippen LogP contribution in [0.25, 0.3) is 22.3 Å². The number of aromatic nitrogens is 4. The van der Waals surface area contributed by atoms with E-state index in [9.17, 15) is 4.79 Å². The van der Waals surface area contributed by atoms with Crippen molar-refractivity contribution >= 4 is 16.9 Å². The SMILES string of the molecule is Cn1nc(-c2[nH]ncc2C(=O)O)c2ccccc21. The van der Waals surface area contributed by atoms with Crippen molar-refractivity contribution in [3.63, 3.8) is 0 Å². The molecule has 0 atom stereocenters. The Labute approximate surface area is 102 Å². The first-order valence-corrected chi connectivity index (χ1v) is 5.37. The molecule has 0 saturated heterocycles. The van der Waals surface area contributed by atoms with Crippen LogP contribution in [0.5, 0.6) is 0 Å². The van der Waals surface area contributed by atoms with Crippen LogP contribution in [-0.2, 0) is 7.05 Å². The fraction of sp³-hybridized carbons (Fsp3) is 0.0833. The second kappa shape index (κ2) is 3.69. The number of para-hydroxylation sites is 1. The highest BCUT2D eigenvalue weighted by molar-refractivity contribution is 6.00. The van der Waals surface area contributed by atoms with Crippen molar-refractivity contribution in [3.05, 3.63) is 36.0 Å². The summed E-state index contributed by atoms with van der Waals surface area (Å²) in [4.78, 5) is 11.1. The highest BCUT2D eigenvalue weighted by Crippen LogP contribution is 2.28. The molecule has 1 aromatic carbocycles. The molecule has 6 heteroatoms. The van der Waals surface area contributed by atoms with Gasteiger partial charge in [-0.05, 0) is 6.07 Å². The minimum atomic E-state index is -1.02. The van der Waals surface area contributed by atoms with Gasteiger partial charge >= 0.3 is 5.97 Å². The third-order valence-electron chi connectivity index (χ3n) is 2.86. The second-order valence-electron chi connectivity index (χ2n) is 3.95. The van der Waals surface area contributed by atoms with Crippen LogP contribution in [0.2, 0.25) is 0 Å². The summed E-state index contributed by atoms with van der Waals surface area (Å²) < 4.78 is 1.72. The van der Waals surface area contributed by atoms with Gasteiger partial charge in [-0.2, -0.15) is 10.2 Å². The summed E-state index contributed by atoms with van der Waals surface area (Å²) in [5, 5.41) is 20.8. The van der Waals surface area contributed by atoms with E-state index in [1.165, 1.54) is 6.20 Å². The van der Waals surface area contributed by atoms with Gasteiger partial charge in [-0.25, -0.2) is 4.79 Å². The maximum Gasteiger partial charge on any atom is 0.339 e. The fourth-order valence-electron chi connectivity index (χ4n) is 2.03. The first-order chi connectivity index (χ1) is 8.68. The lowest BCUT2D eigenvalue weighted by atomic mass is 10.1. The Bertz CT molecular complexity index is 741. The summed E-state index contributed by atoms with van der Waals surface area (Å²) >= 11 is 0. The van der Waals surface area contributed by atoms with E-state index in [0.717, 1.165) is 10.9 Å². The first-order valence-electron chi connectivity index (χ1n) is 5.37. The summed E-state index contributed by atoms with van der Waals surface area (Å²) in [5.41, 5.74) is 2.10. The molecule has 90 valence electrons. The molecule has 0 saturated carbocycles. The van der Waals surface area contributed by atoms with Gasteiger partial charge in [0.05, 0.1) is 11.7 Å². The number of hydrogen-bond acceptors (Lipinski definition) is 3. The molecule has 2 N–H and O–H groups in total.